The van der Waals surface area contributed by atoms with Gasteiger partial charge in [0.25, 0.3) is 0 Å². The van der Waals surface area contributed by atoms with Crippen LogP contribution < -0.4 is 14.5 Å². The number of nitrogens with zero attached hydrogens (tertiary/aromatic N) is 5. The Bertz CT molecular complexity index is 1010. The van der Waals surface area contributed by atoms with Gasteiger partial charge in [0.2, 0.25) is 16.0 Å². The third-order valence-electron chi connectivity index (χ3n) is 5.72. The molecule has 0 unspecified atom stereocenters. The Balaban J connectivity index is 1.51. The summed E-state index contributed by atoms with van der Waals surface area (Å²) in [5, 5.41) is 0. The Morgan fingerprint density at radius 1 is 0.900 bits per heavy atom. The minimum Gasteiger partial charge on any atom is -0.495 e. The molecule has 0 bridgehead atoms. The molecule has 0 saturated carbocycles. The lowest BCUT2D eigenvalue weighted by atomic mass is 10.2. The van der Waals surface area contributed by atoms with Gasteiger partial charge in [-0.05, 0) is 44.4 Å². The summed E-state index contributed by atoms with van der Waals surface area (Å²) in [6.07, 6.45) is 2.34. The van der Waals surface area contributed by atoms with Gasteiger partial charge in [-0.2, -0.15) is 9.29 Å². The maximum absolute atomic E-state index is 13.2. The second-order valence-electron chi connectivity index (χ2n) is 7.91. The molecule has 0 aliphatic carbocycles. The highest BCUT2D eigenvalue weighted by Gasteiger charge is 2.31. The number of rotatable bonds is 5. The van der Waals surface area contributed by atoms with Crippen molar-refractivity contribution in [3.63, 3.8) is 0 Å². The van der Waals surface area contributed by atoms with E-state index >= 15 is 0 Å². The number of ether oxygens (including phenoxy) is 1. The topological polar surface area (TPSA) is 78.9 Å². The molecule has 8 nitrogen and oxygen atoms in total. The first-order chi connectivity index (χ1) is 14.4. The molecule has 1 aromatic carbocycles. The summed E-state index contributed by atoms with van der Waals surface area (Å²) >= 11 is 0. The maximum atomic E-state index is 13.2. The molecule has 0 atom stereocenters. The predicted octanol–water partition coefficient (Wildman–Crippen LogP) is 2.21. The average molecular weight is 432 g/mol. The smallest absolute Gasteiger partial charge is 0.246 e. The molecule has 2 fully saturated rings. The maximum Gasteiger partial charge on any atom is 0.246 e. The number of aryl methyl sites for hydroxylation is 2. The zero-order chi connectivity index (χ0) is 21.3. The largest absolute Gasteiger partial charge is 0.495 e. The van der Waals surface area contributed by atoms with E-state index in [1.807, 2.05) is 26.0 Å². The molecule has 0 amide bonds. The molecule has 0 radical (unpaired) electrons. The second kappa shape index (κ2) is 8.39. The number of benzene rings is 1. The van der Waals surface area contributed by atoms with Gasteiger partial charge in [-0.3, -0.25) is 0 Å². The number of sulfonamides is 1. The normalized spacial score (nSPS) is 18.1. The van der Waals surface area contributed by atoms with Crippen molar-refractivity contribution in [3.05, 3.63) is 35.5 Å². The van der Waals surface area contributed by atoms with Gasteiger partial charge in [0.1, 0.15) is 16.5 Å². The predicted molar refractivity (Wildman–Crippen MR) is 117 cm³/mol. The van der Waals surface area contributed by atoms with E-state index in [2.05, 4.69) is 14.8 Å². The van der Waals surface area contributed by atoms with Gasteiger partial charge in [-0.1, -0.05) is 6.07 Å². The zero-order valence-electron chi connectivity index (χ0n) is 17.8. The fourth-order valence-electron chi connectivity index (χ4n) is 4.04. The molecule has 9 heteroatoms. The van der Waals surface area contributed by atoms with Gasteiger partial charge in [-0.25, -0.2) is 13.4 Å². The first-order valence-corrected chi connectivity index (χ1v) is 11.8. The van der Waals surface area contributed by atoms with Crippen molar-refractivity contribution in [2.75, 3.05) is 56.2 Å². The number of hydrogen-bond acceptors (Lipinski definition) is 7. The molecule has 2 saturated heterocycles. The van der Waals surface area contributed by atoms with Gasteiger partial charge < -0.3 is 14.5 Å². The summed E-state index contributed by atoms with van der Waals surface area (Å²) in [5.41, 5.74) is 1.82. The Hall–Kier alpha value is -2.39. The summed E-state index contributed by atoms with van der Waals surface area (Å²) in [5.74, 6) is 2.03. The average Bonchev–Trinajstić information content (AvgIpc) is 3.28. The third-order valence-corrected chi connectivity index (χ3v) is 7.64. The lowest BCUT2D eigenvalue weighted by Gasteiger charge is -2.35. The summed E-state index contributed by atoms with van der Waals surface area (Å²) in [4.78, 5) is 14.0. The Morgan fingerprint density at radius 2 is 1.60 bits per heavy atom. The fourth-order valence-corrected chi connectivity index (χ4v) is 5.70. The monoisotopic (exact) mass is 431 g/mol. The molecular weight excluding hydrogens is 402 g/mol. The van der Waals surface area contributed by atoms with E-state index in [-0.39, 0.29) is 4.90 Å². The van der Waals surface area contributed by atoms with Crippen LogP contribution in [-0.4, -0.2) is 69.1 Å². The fraction of sp³-hybridized carbons (Fsp3) is 0.524. The first-order valence-electron chi connectivity index (χ1n) is 10.4. The van der Waals surface area contributed by atoms with Crippen molar-refractivity contribution >= 4 is 21.8 Å². The molecule has 2 aromatic rings. The molecule has 4 rings (SSSR count). The lowest BCUT2D eigenvalue weighted by molar-refractivity contribution is 0.373. The molecule has 3 heterocycles. The van der Waals surface area contributed by atoms with Gasteiger partial charge in [0.05, 0.1) is 7.11 Å². The molecule has 1 aromatic heterocycles. The van der Waals surface area contributed by atoms with Crippen molar-refractivity contribution in [1.29, 1.82) is 0 Å². The minimum atomic E-state index is -3.62. The van der Waals surface area contributed by atoms with Crippen LogP contribution in [0, 0.1) is 13.8 Å². The van der Waals surface area contributed by atoms with Crippen molar-refractivity contribution in [2.45, 2.75) is 31.6 Å². The van der Waals surface area contributed by atoms with Crippen molar-refractivity contribution < 1.29 is 13.2 Å². The third kappa shape index (κ3) is 4.09. The van der Waals surface area contributed by atoms with Crippen LogP contribution in [0.4, 0.5) is 11.8 Å². The van der Waals surface area contributed by atoms with E-state index in [1.54, 1.807) is 12.1 Å². The van der Waals surface area contributed by atoms with Gasteiger partial charge in [0.15, 0.2) is 0 Å². The molecule has 162 valence electrons. The Kier molecular flexibility index (Phi) is 5.84. The summed E-state index contributed by atoms with van der Waals surface area (Å²) in [7, 11) is -2.12. The standard InChI is InChI=1S/C21H29N5O3S/c1-16-6-7-18(29-3)19(14-16)30(27,28)26-12-10-24(11-13-26)20-15-17(2)22-21(23-20)25-8-4-5-9-25/h6-7,14-15H,4-5,8-13H2,1-3H3. The molecule has 2 aliphatic heterocycles. The van der Waals surface area contributed by atoms with Crippen LogP contribution in [0.15, 0.2) is 29.2 Å². The van der Waals surface area contributed by atoms with Crippen molar-refractivity contribution in [1.82, 2.24) is 14.3 Å². The van der Waals surface area contributed by atoms with Gasteiger partial charge >= 0.3 is 0 Å². The highest BCUT2D eigenvalue weighted by atomic mass is 32.2. The van der Waals surface area contributed by atoms with Gasteiger partial charge in [-0.15, -0.1) is 0 Å². The summed E-state index contributed by atoms with van der Waals surface area (Å²) in [6, 6.07) is 7.22. The molecule has 30 heavy (non-hydrogen) atoms. The molecule has 2 aliphatic rings. The van der Waals surface area contributed by atoms with Crippen molar-refractivity contribution in [2.24, 2.45) is 0 Å². The van der Waals surface area contributed by atoms with Gasteiger partial charge in [0, 0.05) is 51.0 Å². The van der Waals surface area contributed by atoms with Crippen LogP contribution in [0.1, 0.15) is 24.1 Å². The number of piperazine rings is 1. The first kappa shape index (κ1) is 20.9. The van der Waals surface area contributed by atoms with Crippen LogP contribution >= 0.6 is 0 Å². The number of methoxy groups -OCH3 is 1. The van der Waals surface area contributed by atoms with Crippen LogP contribution in [-0.2, 0) is 10.0 Å². The zero-order valence-corrected chi connectivity index (χ0v) is 18.7. The number of aromatic nitrogens is 2. The molecular formula is C21H29N5O3S. The van der Waals surface area contributed by atoms with Crippen LogP contribution in [0.2, 0.25) is 0 Å². The van der Waals surface area contributed by atoms with E-state index in [0.29, 0.717) is 31.9 Å². The highest BCUT2D eigenvalue weighted by molar-refractivity contribution is 7.89. The SMILES string of the molecule is COc1ccc(C)cc1S(=O)(=O)N1CCN(c2cc(C)nc(N3CCCC3)n2)CC1. The lowest BCUT2D eigenvalue weighted by Crippen LogP contribution is -2.49. The van der Waals surface area contributed by atoms with E-state index in [1.165, 1.54) is 24.3 Å². The second-order valence-corrected chi connectivity index (χ2v) is 9.81. The van der Waals surface area contributed by atoms with Crippen LogP contribution in [0.3, 0.4) is 0 Å². The van der Waals surface area contributed by atoms with E-state index in [0.717, 1.165) is 36.1 Å². The number of anilines is 2. The van der Waals surface area contributed by atoms with E-state index in [9.17, 15) is 8.42 Å². The minimum absolute atomic E-state index is 0.229. The van der Waals surface area contributed by atoms with Crippen LogP contribution in [0.25, 0.3) is 0 Å². The summed E-state index contributed by atoms with van der Waals surface area (Å²) < 4.78 is 33.3. The Labute approximate surface area is 178 Å². The molecule has 0 N–H and O–H groups in total. The van der Waals surface area contributed by atoms with Crippen molar-refractivity contribution in [3.8, 4) is 5.75 Å². The Morgan fingerprint density at radius 3 is 2.27 bits per heavy atom. The number of hydrogen-bond donors (Lipinski definition) is 0. The van der Waals surface area contributed by atoms with E-state index < -0.39 is 10.0 Å². The summed E-state index contributed by atoms with van der Waals surface area (Å²) in [6.45, 7) is 7.83. The molecule has 0 spiro atoms. The quantitative estimate of drug-likeness (QED) is 0.718. The highest BCUT2D eigenvalue weighted by Crippen LogP contribution is 2.29. The van der Waals surface area contributed by atoms with E-state index in [4.69, 9.17) is 9.72 Å². The van der Waals surface area contributed by atoms with Crippen LogP contribution in [0.5, 0.6) is 5.75 Å².